The van der Waals surface area contributed by atoms with Crippen LogP contribution < -0.4 is 0 Å². The zero-order valence-corrected chi connectivity index (χ0v) is 9.63. The number of aliphatic imine (C=N–C) groups is 1. The van der Waals surface area contributed by atoms with Gasteiger partial charge in [-0.3, -0.25) is 4.99 Å². The quantitative estimate of drug-likeness (QED) is 0.635. The van der Waals surface area contributed by atoms with E-state index in [1.807, 2.05) is 0 Å². The molecule has 0 aliphatic heterocycles. The summed E-state index contributed by atoms with van der Waals surface area (Å²) in [6.45, 7) is 4.19. The molecule has 0 spiro atoms. The minimum Gasteiger partial charge on any atom is -0.291 e. The Kier molecular flexibility index (Phi) is 5.20. The van der Waals surface area contributed by atoms with E-state index in [1.165, 1.54) is 12.8 Å². The average molecular weight is 217 g/mol. The van der Waals surface area contributed by atoms with Crippen LogP contribution >= 0.6 is 0 Å². The normalized spacial score (nSPS) is 28.1. The molecule has 0 N–H and O–H groups in total. The van der Waals surface area contributed by atoms with E-state index in [0.717, 1.165) is 24.7 Å². The summed E-state index contributed by atoms with van der Waals surface area (Å²) in [6.07, 6.45) is 4.15. The minimum atomic E-state index is -2.30. The van der Waals surface area contributed by atoms with Gasteiger partial charge in [-0.05, 0) is 43.4 Å². The smallest absolute Gasteiger partial charge is 0.257 e. The van der Waals surface area contributed by atoms with Crippen molar-refractivity contribution in [3.8, 4) is 0 Å². The van der Waals surface area contributed by atoms with Crippen molar-refractivity contribution in [1.29, 1.82) is 0 Å². The van der Waals surface area contributed by atoms with Gasteiger partial charge in [0.1, 0.15) is 0 Å². The number of alkyl halides is 2. The molecule has 0 atom stereocenters. The molecule has 0 amide bonds. The highest BCUT2D eigenvalue weighted by Gasteiger charge is 2.21. The van der Waals surface area contributed by atoms with Gasteiger partial charge in [-0.25, -0.2) is 8.78 Å². The van der Waals surface area contributed by atoms with E-state index in [2.05, 4.69) is 18.8 Å². The van der Waals surface area contributed by atoms with Gasteiger partial charge in [0.2, 0.25) is 0 Å². The molecule has 1 rings (SSSR count). The number of hydrogen-bond acceptors (Lipinski definition) is 1. The fraction of sp³-hybridized carbons (Fsp3) is 0.917. The van der Waals surface area contributed by atoms with Crippen LogP contribution in [-0.2, 0) is 0 Å². The summed E-state index contributed by atoms with van der Waals surface area (Å²) in [4.78, 5) is 3.79. The fourth-order valence-corrected chi connectivity index (χ4v) is 2.25. The van der Waals surface area contributed by atoms with E-state index in [9.17, 15) is 8.78 Å². The van der Waals surface area contributed by atoms with Crippen LogP contribution in [0.3, 0.4) is 0 Å². The molecule has 0 aromatic carbocycles. The largest absolute Gasteiger partial charge is 0.291 e. The SMILES string of the molecule is CC(C)C1CCC(C=NCC(F)F)CC1. The van der Waals surface area contributed by atoms with Crippen molar-refractivity contribution in [3.63, 3.8) is 0 Å². The number of halogens is 2. The molecular weight excluding hydrogens is 196 g/mol. The Morgan fingerprint density at radius 3 is 2.27 bits per heavy atom. The third-order valence-electron chi connectivity index (χ3n) is 3.32. The van der Waals surface area contributed by atoms with Crippen LogP contribution in [0.25, 0.3) is 0 Å². The molecular formula is C12H21F2N. The van der Waals surface area contributed by atoms with E-state index in [0.29, 0.717) is 5.92 Å². The molecule has 0 unspecified atom stereocenters. The molecule has 1 saturated carbocycles. The predicted molar refractivity (Wildman–Crippen MR) is 59.6 cm³/mol. The average Bonchev–Trinajstić information content (AvgIpc) is 2.18. The van der Waals surface area contributed by atoms with Gasteiger partial charge in [-0.1, -0.05) is 13.8 Å². The third kappa shape index (κ3) is 4.72. The summed E-state index contributed by atoms with van der Waals surface area (Å²) < 4.78 is 23.7. The van der Waals surface area contributed by atoms with E-state index < -0.39 is 6.43 Å². The summed E-state index contributed by atoms with van der Waals surface area (Å²) in [5.74, 6) is 2.02. The minimum absolute atomic E-state index is 0.329. The standard InChI is InChI=1S/C12H21F2N/c1-9(2)11-5-3-10(4-6-11)7-15-8-12(13)14/h7,9-12H,3-6,8H2,1-2H3. The van der Waals surface area contributed by atoms with Gasteiger partial charge >= 0.3 is 0 Å². The molecule has 15 heavy (non-hydrogen) atoms. The first-order chi connectivity index (χ1) is 7.09. The molecule has 0 aromatic heterocycles. The van der Waals surface area contributed by atoms with Crippen molar-refractivity contribution in [2.24, 2.45) is 22.7 Å². The molecule has 88 valence electrons. The van der Waals surface area contributed by atoms with Gasteiger partial charge < -0.3 is 0 Å². The molecule has 1 fully saturated rings. The van der Waals surface area contributed by atoms with Gasteiger partial charge in [0.05, 0.1) is 6.54 Å². The molecule has 1 aliphatic rings. The van der Waals surface area contributed by atoms with Crippen molar-refractivity contribution >= 4 is 6.21 Å². The molecule has 3 heteroatoms. The Morgan fingerprint density at radius 2 is 1.80 bits per heavy atom. The van der Waals surface area contributed by atoms with Crippen LogP contribution in [0.1, 0.15) is 39.5 Å². The maximum absolute atomic E-state index is 11.8. The van der Waals surface area contributed by atoms with Crippen LogP contribution in [0.2, 0.25) is 0 Å². The van der Waals surface area contributed by atoms with Crippen LogP contribution in [0.15, 0.2) is 4.99 Å². The van der Waals surface area contributed by atoms with Gasteiger partial charge in [0.15, 0.2) is 0 Å². The van der Waals surface area contributed by atoms with Gasteiger partial charge in [-0.2, -0.15) is 0 Å². The van der Waals surface area contributed by atoms with Crippen molar-refractivity contribution in [2.45, 2.75) is 46.0 Å². The van der Waals surface area contributed by atoms with Crippen LogP contribution in [-0.4, -0.2) is 19.2 Å². The first-order valence-electron chi connectivity index (χ1n) is 5.87. The van der Waals surface area contributed by atoms with Crippen molar-refractivity contribution < 1.29 is 8.78 Å². The lowest BCUT2D eigenvalue weighted by Crippen LogP contribution is -2.19. The zero-order valence-electron chi connectivity index (χ0n) is 9.63. The topological polar surface area (TPSA) is 12.4 Å². The van der Waals surface area contributed by atoms with Gasteiger partial charge in [0, 0.05) is 6.21 Å². The Labute approximate surface area is 91.0 Å². The summed E-state index contributed by atoms with van der Waals surface area (Å²) in [5, 5.41) is 0. The number of rotatable bonds is 4. The first kappa shape index (κ1) is 12.6. The first-order valence-corrected chi connectivity index (χ1v) is 5.87. The van der Waals surface area contributed by atoms with E-state index in [1.54, 1.807) is 6.21 Å². The molecule has 0 heterocycles. The van der Waals surface area contributed by atoms with Crippen LogP contribution in [0, 0.1) is 17.8 Å². The molecule has 0 saturated heterocycles. The van der Waals surface area contributed by atoms with Gasteiger partial charge in [-0.15, -0.1) is 0 Å². The van der Waals surface area contributed by atoms with Crippen molar-refractivity contribution in [3.05, 3.63) is 0 Å². The second kappa shape index (κ2) is 6.19. The highest BCUT2D eigenvalue weighted by molar-refractivity contribution is 5.60. The third-order valence-corrected chi connectivity index (χ3v) is 3.32. The Bertz CT molecular complexity index is 194. The highest BCUT2D eigenvalue weighted by Crippen LogP contribution is 2.32. The number of nitrogens with zero attached hydrogens (tertiary/aromatic N) is 1. The lowest BCUT2D eigenvalue weighted by Gasteiger charge is -2.28. The zero-order chi connectivity index (χ0) is 11.3. The molecule has 1 nitrogen and oxygen atoms in total. The number of hydrogen-bond donors (Lipinski definition) is 0. The second-order valence-corrected chi connectivity index (χ2v) is 4.82. The summed E-state index contributed by atoms with van der Waals surface area (Å²) >= 11 is 0. The van der Waals surface area contributed by atoms with E-state index in [4.69, 9.17) is 0 Å². The van der Waals surface area contributed by atoms with Crippen LogP contribution in [0.4, 0.5) is 8.78 Å². The Balaban J connectivity index is 2.22. The van der Waals surface area contributed by atoms with E-state index >= 15 is 0 Å². The predicted octanol–water partition coefficient (Wildman–Crippen LogP) is 3.78. The molecule has 1 aliphatic carbocycles. The van der Waals surface area contributed by atoms with E-state index in [-0.39, 0.29) is 6.54 Å². The Morgan fingerprint density at radius 1 is 1.20 bits per heavy atom. The van der Waals surface area contributed by atoms with Crippen molar-refractivity contribution in [1.82, 2.24) is 0 Å². The molecule has 0 bridgehead atoms. The highest BCUT2D eigenvalue weighted by atomic mass is 19.3. The maximum atomic E-state index is 11.8. The summed E-state index contributed by atoms with van der Waals surface area (Å²) in [5.41, 5.74) is 0. The second-order valence-electron chi connectivity index (χ2n) is 4.82. The molecule has 0 radical (unpaired) electrons. The lowest BCUT2D eigenvalue weighted by atomic mass is 9.77. The molecule has 0 aromatic rings. The van der Waals surface area contributed by atoms with Crippen LogP contribution in [0.5, 0.6) is 0 Å². The van der Waals surface area contributed by atoms with Gasteiger partial charge in [0.25, 0.3) is 6.43 Å². The lowest BCUT2D eigenvalue weighted by molar-refractivity contribution is 0.158. The monoisotopic (exact) mass is 217 g/mol. The summed E-state index contributed by atoms with van der Waals surface area (Å²) in [7, 11) is 0. The van der Waals surface area contributed by atoms with Crippen molar-refractivity contribution in [2.75, 3.05) is 6.54 Å². The summed E-state index contributed by atoms with van der Waals surface area (Å²) in [6, 6.07) is 0. The maximum Gasteiger partial charge on any atom is 0.257 e. The Hall–Kier alpha value is -0.470. The fourth-order valence-electron chi connectivity index (χ4n) is 2.25.